The molecule has 1 N–H and O–H groups in total. The second-order valence-electron chi connectivity index (χ2n) is 5.63. The zero-order valence-electron chi connectivity index (χ0n) is 13.0. The molecule has 0 radical (unpaired) electrons. The van der Waals surface area contributed by atoms with E-state index in [0.29, 0.717) is 17.1 Å². The number of aryl methyl sites for hydroxylation is 1. The summed E-state index contributed by atoms with van der Waals surface area (Å²) < 4.78 is 12.1. The van der Waals surface area contributed by atoms with Gasteiger partial charge in [-0.2, -0.15) is 0 Å². The van der Waals surface area contributed by atoms with Gasteiger partial charge in [-0.05, 0) is 37.5 Å². The summed E-state index contributed by atoms with van der Waals surface area (Å²) in [5.74, 6) is 1.31. The van der Waals surface area contributed by atoms with Crippen molar-refractivity contribution in [2.24, 2.45) is 0 Å². The first-order valence-electron chi connectivity index (χ1n) is 7.57. The largest absolute Gasteiger partial charge is 0.493 e. The first-order valence-corrected chi connectivity index (χ1v) is 7.57. The highest BCUT2D eigenvalue weighted by Crippen LogP contribution is 2.32. The quantitative estimate of drug-likeness (QED) is 0.805. The number of aromatic amines is 1. The third-order valence-corrected chi connectivity index (χ3v) is 4.33. The molecule has 6 nitrogen and oxygen atoms in total. The first kappa shape index (κ1) is 13.9. The van der Waals surface area contributed by atoms with Gasteiger partial charge in [0.2, 0.25) is 0 Å². The molecule has 0 amide bonds. The summed E-state index contributed by atoms with van der Waals surface area (Å²) in [4.78, 5) is 17.2. The monoisotopic (exact) mass is 311 g/mol. The molecule has 118 valence electrons. The third-order valence-electron chi connectivity index (χ3n) is 4.33. The van der Waals surface area contributed by atoms with Crippen molar-refractivity contribution in [3.8, 4) is 22.8 Å². The molecule has 3 aromatic rings. The second-order valence-corrected chi connectivity index (χ2v) is 5.63. The lowest BCUT2D eigenvalue weighted by Crippen LogP contribution is -2.19. The molecule has 2 heterocycles. The smallest absolute Gasteiger partial charge is 0.276 e. The molecule has 0 atom stereocenters. The normalized spacial score (nSPS) is 13.3. The van der Waals surface area contributed by atoms with Gasteiger partial charge in [-0.1, -0.05) is 0 Å². The van der Waals surface area contributed by atoms with E-state index in [2.05, 4.69) is 10.1 Å². The van der Waals surface area contributed by atoms with E-state index in [1.165, 1.54) is 4.52 Å². The van der Waals surface area contributed by atoms with Crippen LogP contribution in [-0.4, -0.2) is 28.8 Å². The van der Waals surface area contributed by atoms with Gasteiger partial charge in [0.25, 0.3) is 5.56 Å². The SMILES string of the molecule is COc1ccc(-c2cc3nc4c(c(=O)n3[nH]2)CCC4)cc1OC. The summed E-state index contributed by atoms with van der Waals surface area (Å²) in [7, 11) is 3.20. The van der Waals surface area contributed by atoms with Gasteiger partial charge in [-0.25, -0.2) is 9.50 Å². The maximum atomic E-state index is 12.5. The van der Waals surface area contributed by atoms with Gasteiger partial charge < -0.3 is 9.47 Å². The van der Waals surface area contributed by atoms with E-state index in [-0.39, 0.29) is 5.56 Å². The predicted octanol–water partition coefficient (Wildman–Crippen LogP) is 2.20. The Morgan fingerprint density at radius 2 is 1.96 bits per heavy atom. The van der Waals surface area contributed by atoms with Gasteiger partial charge >= 0.3 is 0 Å². The number of hydrogen-bond acceptors (Lipinski definition) is 4. The molecule has 0 saturated carbocycles. The highest BCUT2D eigenvalue weighted by molar-refractivity contribution is 5.67. The second kappa shape index (κ2) is 5.15. The molecule has 0 spiro atoms. The van der Waals surface area contributed by atoms with E-state index >= 15 is 0 Å². The van der Waals surface area contributed by atoms with E-state index in [9.17, 15) is 4.79 Å². The van der Waals surface area contributed by atoms with Crippen molar-refractivity contribution in [1.82, 2.24) is 14.6 Å². The molecule has 6 heteroatoms. The predicted molar refractivity (Wildman–Crippen MR) is 86.4 cm³/mol. The summed E-state index contributed by atoms with van der Waals surface area (Å²) in [6.45, 7) is 0. The first-order chi connectivity index (χ1) is 11.2. The van der Waals surface area contributed by atoms with Crippen LogP contribution >= 0.6 is 0 Å². The summed E-state index contributed by atoms with van der Waals surface area (Å²) >= 11 is 0. The molecule has 1 aromatic carbocycles. The number of aromatic nitrogens is 3. The molecule has 0 saturated heterocycles. The van der Waals surface area contributed by atoms with Crippen LogP contribution in [0.15, 0.2) is 29.1 Å². The highest BCUT2D eigenvalue weighted by Gasteiger charge is 2.19. The van der Waals surface area contributed by atoms with Crippen LogP contribution in [0.1, 0.15) is 17.7 Å². The lowest BCUT2D eigenvalue weighted by atomic mass is 10.1. The average molecular weight is 311 g/mol. The molecule has 4 rings (SSSR count). The maximum Gasteiger partial charge on any atom is 0.276 e. The van der Waals surface area contributed by atoms with Gasteiger partial charge in [-0.15, -0.1) is 0 Å². The zero-order valence-corrected chi connectivity index (χ0v) is 13.0. The molecule has 23 heavy (non-hydrogen) atoms. The Kier molecular flexibility index (Phi) is 3.11. The molecule has 2 aromatic heterocycles. The van der Waals surface area contributed by atoms with Gasteiger partial charge in [0, 0.05) is 17.2 Å². The Morgan fingerprint density at radius 3 is 2.74 bits per heavy atom. The van der Waals surface area contributed by atoms with E-state index in [1.807, 2.05) is 24.3 Å². The average Bonchev–Trinajstić information content (AvgIpc) is 3.21. The Balaban J connectivity index is 1.87. The Hall–Kier alpha value is -2.76. The van der Waals surface area contributed by atoms with Crippen molar-refractivity contribution in [2.45, 2.75) is 19.3 Å². The number of benzene rings is 1. The third kappa shape index (κ3) is 2.10. The van der Waals surface area contributed by atoms with Crippen LogP contribution in [0.4, 0.5) is 0 Å². The van der Waals surface area contributed by atoms with Crippen molar-refractivity contribution in [1.29, 1.82) is 0 Å². The van der Waals surface area contributed by atoms with E-state index < -0.39 is 0 Å². The van der Waals surface area contributed by atoms with E-state index in [1.54, 1.807) is 14.2 Å². The molecule has 1 aliphatic rings. The number of methoxy groups -OCH3 is 2. The minimum Gasteiger partial charge on any atom is -0.493 e. The summed E-state index contributed by atoms with van der Waals surface area (Å²) in [5, 5.41) is 3.14. The van der Waals surface area contributed by atoms with Crippen molar-refractivity contribution in [3.63, 3.8) is 0 Å². The molecule has 0 fully saturated rings. The van der Waals surface area contributed by atoms with Gasteiger partial charge in [0.15, 0.2) is 17.1 Å². The topological polar surface area (TPSA) is 68.6 Å². The lowest BCUT2D eigenvalue weighted by molar-refractivity contribution is 0.355. The molecule has 0 unspecified atom stereocenters. The Labute approximate surface area is 132 Å². The summed E-state index contributed by atoms with van der Waals surface area (Å²) in [6.07, 6.45) is 2.71. The minimum absolute atomic E-state index is 0.00854. The van der Waals surface area contributed by atoms with Crippen LogP contribution < -0.4 is 15.0 Å². The van der Waals surface area contributed by atoms with E-state index in [0.717, 1.165) is 41.8 Å². The maximum absolute atomic E-state index is 12.5. The molecular formula is C17H17N3O3. The minimum atomic E-state index is 0.00854. The molecule has 0 aliphatic heterocycles. The molecule has 0 bridgehead atoms. The number of hydrogen-bond donors (Lipinski definition) is 1. The fourth-order valence-corrected chi connectivity index (χ4v) is 3.15. The van der Waals surface area contributed by atoms with Crippen LogP contribution in [0.3, 0.4) is 0 Å². The van der Waals surface area contributed by atoms with Gasteiger partial charge in [0.05, 0.1) is 25.6 Å². The number of rotatable bonds is 3. The van der Waals surface area contributed by atoms with Crippen LogP contribution in [0.25, 0.3) is 16.9 Å². The van der Waals surface area contributed by atoms with Crippen LogP contribution in [0.2, 0.25) is 0 Å². The Morgan fingerprint density at radius 1 is 1.13 bits per heavy atom. The van der Waals surface area contributed by atoms with Crippen molar-refractivity contribution < 1.29 is 9.47 Å². The fraction of sp³-hybridized carbons (Fsp3) is 0.294. The van der Waals surface area contributed by atoms with Crippen molar-refractivity contribution in [3.05, 3.63) is 45.9 Å². The van der Waals surface area contributed by atoms with Gasteiger partial charge in [-0.3, -0.25) is 9.89 Å². The lowest BCUT2D eigenvalue weighted by Gasteiger charge is -2.08. The summed E-state index contributed by atoms with van der Waals surface area (Å²) in [6, 6.07) is 7.53. The summed E-state index contributed by atoms with van der Waals surface area (Å²) in [5.41, 5.74) is 4.16. The number of ether oxygens (including phenoxy) is 2. The fourth-order valence-electron chi connectivity index (χ4n) is 3.15. The molecular weight excluding hydrogens is 294 g/mol. The number of H-pyrrole nitrogens is 1. The number of nitrogens with one attached hydrogen (secondary N) is 1. The van der Waals surface area contributed by atoms with E-state index in [4.69, 9.17) is 9.47 Å². The van der Waals surface area contributed by atoms with Gasteiger partial charge in [0.1, 0.15) is 0 Å². The molecule has 1 aliphatic carbocycles. The van der Waals surface area contributed by atoms with Crippen LogP contribution in [0, 0.1) is 0 Å². The highest BCUT2D eigenvalue weighted by atomic mass is 16.5. The number of nitrogens with zero attached hydrogens (tertiary/aromatic N) is 2. The zero-order chi connectivity index (χ0) is 16.0. The van der Waals surface area contributed by atoms with Crippen LogP contribution in [-0.2, 0) is 12.8 Å². The standard InChI is InChI=1S/C17H17N3O3/c1-22-14-7-6-10(8-15(14)23-2)13-9-16-18-12-5-3-4-11(12)17(21)20(16)19-13/h6-9,19H,3-5H2,1-2H3. The van der Waals surface area contributed by atoms with Crippen LogP contribution in [0.5, 0.6) is 11.5 Å². The van der Waals surface area contributed by atoms with Crippen molar-refractivity contribution >= 4 is 5.65 Å². The van der Waals surface area contributed by atoms with Crippen molar-refractivity contribution in [2.75, 3.05) is 14.2 Å². The Bertz CT molecular complexity index is 956. The number of fused-ring (bicyclic) bond motifs is 2.